The zero-order valence-corrected chi connectivity index (χ0v) is 7.78. The predicted octanol–water partition coefficient (Wildman–Crippen LogP) is 0.978. The van der Waals surface area contributed by atoms with Gasteiger partial charge in [-0.05, 0) is 6.92 Å². The number of nitrogens with zero attached hydrogens (tertiary/aromatic N) is 1. The molecule has 0 aromatic rings. The minimum atomic E-state index is -0.764. The Morgan fingerprint density at radius 2 is 2.22 bits per heavy atom. The zero-order valence-electron chi connectivity index (χ0n) is 4.61. The number of hydrogen-bond donors (Lipinski definition) is 1. The van der Waals surface area contributed by atoms with Crippen molar-refractivity contribution >= 4 is 43.5 Å². The third-order valence-electron chi connectivity index (χ3n) is 1.06. The summed E-state index contributed by atoms with van der Waals surface area (Å²) in [6.07, 6.45) is 0. The molecule has 0 fully saturated rings. The number of rotatable bonds is 0. The van der Waals surface area contributed by atoms with E-state index in [1.54, 1.807) is 6.92 Å². The molecule has 0 spiro atoms. The van der Waals surface area contributed by atoms with Gasteiger partial charge in [0.05, 0.1) is 5.71 Å². The average molecular weight is 256 g/mol. The minimum absolute atomic E-state index is 0.181. The Kier molecular flexibility index (Phi) is 1.65. The lowest BCUT2D eigenvalue weighted by molar-refractivity contribution is -0.119. The van der Waals surface area contributed by atoms with Crippen molar-refractivity contribution < 1.29 is 4.79 Å². The van der Waals surface area contributed by atoms with Crippen molar-refractivity contribution in [3.63, 3.8) is 0 Å². The second-order valence-electron chi connectivity index (χ2n) is 1.71. The van der Waals surface area contributed by atoms with Crippen molar-refractivity contribution in [1.29, 1.82) is 0 Å². The molecule has 1 heterocycles. The molecule has 1 amide bonds. The van der Waals surface area contributed by atoms with Crippen molar-refractivity contribution in [1.82, 2.24) is 5.43 Å². The number of carbonyl (C=O) groups excluding carboxylic acids is 1. The number of carbonyl (C=O) groups is 1. The maximum absolute atomic E-state index is 10.8. The lowest BCUT2D eigenvalue weighted by Crippen LogP contribution is -2.31. The Labute approximate surface area is 69.1 Å². The Morgan fingerprint density at radius 3 is 2.33 bits per heavy atom. The topological polar surface area (TPSA) is 41.5 Å². The van der Waals surface area contributed by atoms with Crippen LogP contribution < -0.4 is 5.43 Å². The fraction of sp³-hybridized carbons (Fsp3) is 0.500. The molecule has 3 nitrogen and oxygen atoms in total. The number of nitrogens with one attached hydrogen (secondary N) is 1. The number of hydrogen-bond acceptors (Lipinski definition) is 2. The van der Waals surface area contributed by atoms with Gasteiger partial charge in [0.25, 0.3) is 5.91 Å². The predicted molar refractivity (Wildman–Crippen MR) is 41.8 cm³/mol. The van der Waals surface area contributed by atoms with Gasteiger partial charge in [-0.15, -0.1) is 0 Å². The summed E-state index contributed by atoms with van der Waals surface area (Å²) in [5, 5.41) is 3.69. The first-order valence-electron chi connectivity index (χ1n) is 2.28. The Balaban J connectivity index is 2.93. The van der Waals surface area contributed by atoms with Crippen molar-refractivity contribution in [3.05, 3.63) is 0 Å². The summed E-state index contributed by atoms with van der Waals surface area (Å²) in [6, 6.07) is 0. The largest absolute Gasteiger partial charge is 0.273 e. The van der Waals surface area contributed by atoms with Gasteiger partial charge in [0, 0.05) is 0 Å². The SMILES string of the molecule is CC1=NNC(=O)C1(Br)Br. The molecule has 0 aliphatic carbocycles. The standard InChI is InChI=1S/C4H4Br2N2O/c1-2-4(5,6)3(9)8-7-2/h1H3,(H,8,9). The molecular weight excluding hydrogens is 252 g/mol. The van der Waals surface area contributed by atoms with E-state index in [1.807, 2.05) is 0 Å². The van der Waals surface area contributed by atoms with Crippen molar-refractivity contribution in [2.24, 2.45) is 5.10 Å². The molecule has 0 radical (unpaired) electrons. The highest BCUT2D eigenvalue weighted by Gasteiger charge is 2.40. The molecule has 0 saturated carbocycles. The van der Waals surface area contributed by atoms with Crippen LogP contribution in [0.3, 0.4) is 0 Å². The van der Waals surface area contributed by atoms with Gasteiger partial charge in [0.15, 0.2) is 3.23 Å². The van der Waals surface area contributed by atoms with Gasteiger partial charge in [0.2, 0.25) is 0 Å². The third-order valence-corrected chi connectivity index (χ3v) is 2.93. The summed E-state index contributed by atoms with van der Waals surface area (Å²) in [7, 11) is 0. The average Bonchev–Trinajstić information content (AvgIpc) is 1.96. The molecule has 1 N–H and O–H groups in total. The molecule has 0 atom stereocenters. The van der Waals surface area contributed by atoms with Crippen molar-refractivity contribution in [2.75, 3.05) is 0 Å². The molecule has 1 aliphatic heterocycles. The number of alkyl halides is 2. The van der Waals surface area contributed by atoms with Gasteiger partial charge in [0.1, 0.15) is 0 Å². The van der Waals surface area contributed by atoms with E-state index in [0.29, 0.717) is 5.71 Å². The van der Waals surface area contributed by atoms with E-state index < -0.39 is 3.23 Å². The fourth-order valence-electron chi connectivity index (χ4n) is 0.439. The van der Waals surface area contributed by atoms with Gasteiger partial charge in [-0.25, -0.2) is 5.43 Å². The summed E-state index contributed by atoms with van der Waals surface area (Å²) >= 11 is 6.29. The molecule has 0 saturated heterocycles. The Morgan fingerprint density at radius 1 is 1.67 bits per heavy atom. The second kappa shape index (κ2) is 2.05. The van der Waals surface area contributed by atoms with Crippen LogP contribution in [0.1, 0.15) is 6.92 Å². The summed E-state index contributed by atoms with van der Waals surface area (Å²) in [5.41, 5.74) is 3.00. The number of amides is 1. The quantitative estimate of drug-likeness (QED) is 0.645. The third kappa shape index (κ3) is 1.03. The molecule has 50 valence electrons. The van der Waals surface area contributed by atoms with Crippen LogP contribution in [0.5, 0.6) is 0 Å². The molecule has 0 unspecified atom stereocenters. The van der Waals surface area contributed by atoms with Crippen LogP contribution in [0.2, 0.25) is 0 Å². The maximum Gasteiger partial charge on any atom is 0.273 e. The minimum Gasteiger partial charge on any atom is -0.270 e. The van der Waals surface area contributed by atoms with E-state index in [4.69, 9.17) is 0 Å². The van der Waals surface area contributed by atoms with Crippen LogP contribution in [-0.2, 0) is 4.79 Å². The van der Waals surface area contributed by atoms with E-state index in [1.165, 1.54) is 0 Å². The first-order chi connectivity index (χ1) is 4.05. The maximum atomic E-state index is 10.8. The molecule has 0 aromatic heterocycles. The van der Waals surface area contributed by atoms with E-state index in [9.17, 15) is 4.79 Å². The van der Waals surface area contributed by atoms with Gasteiger partial charge in [-0.2, -0.15) is 5.10 Å². The van der Waals surface area contributed by atoms with E-state index in [-0.39, 0.29) is 5.91 Å². The summed E-state index contributed by atoms with van der Waals surface area (Å²) in [5.74, 6) is -0.181. The van der Waals surface area contributed by atoms with Crippen LogP contribution in [-0.4, -0.2) is 14.9 Å². The van der Waals surface area contributed by atoms with E-state index in [2.05, 4.69) is 42.4 Å². The Hall–Kier alpha value is 0.1000. The van der Waals surface area contributed by atoms with Crippen LogP contribution in [0.25, 0.3) is 0 Å². The first kappa shape index (κ1) is 7.21. The molecule has 1 rings (SSSR count). The van der Waals surface area contributed by atoms with Gasteiger partial charge in [-0.3, -0.25) is 4.79 Å². The van der Waals surface area contributed by atoms with Crippen LogP contribution in [0.15, 0.2) is 5.10 Å². The lowest BCUT2D eigenvalue weighted by Gasteiger charge is -2.07. The number of hydrazone groups is 1. The van der Waals surface area contributed by atoms with Crippen molar-refractivity contribution in [2.45, 2.75) is 10.2 Å². The summed E-state index contributed by atoms with van der Waals surface area (Å²) in [6.45, 7) is 1.75. The Bertz CT molecular complexity index is 187. The highest BCUT2D eigenvalue weighted by molar-refractivity contribution is 9.26. The normalized spacial score (nSPS) is 23.4. The monoisotopic (exact) mass is 254 g/mol. The van der Waals surface area contributed by atoms with Gasteiger partial charge < -0.3 is 0 Å². The smallest absolute Gasteiger partial charge is 0.270 e. The first-order valence-corrected chi connectivity index (χ1v) is 3.87. The molecule has 9 heavy (non-hydrogen) atoms. The van der Waals surface area contributed by atoms with E-state index >= 15 is 0 Å². The van der Waals surface area contributed by atoms with Crippen molar-refractivity contribution in [3.8, 4) is 0 Å². The zero-order chi connectivity index (χ0) is 7.07. The van der Waals surface area contributed by atoms with Gasteiger partial charge >= 0.3 is 0 Å². The molecule has 1 aliphatic rings. The summed E-state index contributed by atoms with van der Waals surface area (Å²) < 4.78 is -0.764. The summed E-state index contributed by atoms with van der Waals surface area (Å²) in [4.78, 5) is 10.8. The van der Waals surface area contributed by atoms with E-state index in [0.717, 1.165) is 0 Å². The fourth-order valence-corrected chi connectivity index (χ4v) is 0.794. The lowest BCUT2D eigenvalue weighted by atomic mass is 10.3. The van der Waals surface area contributed by atoms with Gasteiger partial charge in [-0.1, -0.05) is 31.9 Å². The molecule has 5 heteroatoms. The number of halogens is 2. The van der Waals surface area contributed by atoms with Crippen LogP contribution >= 0.6 is 31.9 Å². The van der Waals surface area contributed by atoms with Crippen LogP contribution in [0.4, 0.5) is 0 Å². The highest BCUT2D eigenvalue weighted by Crippen LogP contribution is 2.30. The van der Waals surface area contributed by atoms with Crippen LogP contribution in [0, 0.1) is 0 Å². The molecule has 0 bridgehead atoms. The highest BCUT2D eigenvalue weighted by atomic mass is 79.9. The molecular formula is C4H4Br2N2O. The second-order valence-corrected chi connectivity index (χ2v) is 5.16. The molecule has 0 aromatic carbocycles.